The van der Waals surface area contributed by atoms with Crippen LogP contribution in [0.2, 0.25) is 5.02 Å². The van der Waals surface area contributed by atoms with Crippen LogP contribution in [0.5, 0.6) is 0 Å². The molecule has 0 spiro atoms. The number of hydrogen-bond acceptors (Lipinski definition) is 2. The maximum absolute atomic E-state index is 6.11. The summed E-state index contributed by atoms with van der Waals surface area (Å²) in [6.07, 6.45) is 2.66. The number of imidazole rings is 1. The molecule has 0 amide bonds. The zero-order chi connectivity index (χ0) is 11.7. The highest BCUT2D eigenvalue weighted by atomic mass is 35.5. The first-order chi connectivity index (χ1) is 7.63. The summed E-state index contributed by atoms with van der Waals surface area (Å²) in [6, 6.07) is 1.82. The predicted molar refractivity (Wildman–Crippen MR) is 67.1 cm³/mol. The maximum Gasteiger partial charge on any atom is 0.160 e. The Balaban J connectivity index is 2.65. The lowest BCUT2D eigenvalue weighted by Gasteiger charge is -2.07. The minimum atomic E-state index is -0.125. The number of pyridine rings is 1. The molecular weight excluding hydrogens is 245 g/mol. The Morgan fingerprint density at radius 3 is 2.88 bits per heavy atom. The van der Waals surface area contributed by atoms with Gasteiger partial charge in [-0.25, -0.2) is 9.97 Å². The van der Waals surface area contributed by atoms with Crippen LogP contribution in [-0.2, 0) is 6.54 Å². The fourth-order valence-electron chi connectivity index (χ4n) is 1.75. The maximum atomic E-state index is 6.11. The minimum Gasteiger partial charge on any atom is -0.311 e. The summed E-state index contributed by atoms with van der Waals surface area (Å²) in [6.45, 7) is 4.90. The number of aromatic nitrogens is 3. The first-order valence-electron chi connectivity index (χ1n) is 5.29. The molecule has 0 saturated heterocycles. The molecule has 0 saturated carbocycles. The van der Waals surface area contributed by atoms with Crippen molar-refractivity contribution in [2.45, 2.75) is 32.2 Å². The molecule has 16 heavy (non-hydrogen) atoms. The molecule has 2 heterocycles. The van der Waals surface area contributed by atoms with Crippen molar-refractivity contribution in [3.8, 4) is 0 Å². The average molecular weight is 258 g/mol. The molecule has 2 aromatic heterocycles. The van der Waals surface area contributed by atoms with E-state index in [9.17, 15) is 0 Å². The standard InChI is InChI=1S/C11H13Cl2N3/c1-3-4-16-10(7(2)12)15-9-5-8(13)6-14-11(9)16/h5-7H,3-4H2,1-2H3. The molecule has 1 atom stereocenters. The molecule has 2 rings (SSSR count). The van der Waals surface area contributed by atoms with Crippen LogP contribution in [0, 0.1) is 0 Å². The molecule has 0 bridgehead atoms. The summed E-state index contributed by atoms with van der Waals surface area (Å²) in [5.41, 5.74) is 1.66. The van der Waals surface area contributed by atoms with Crippen molar-refractivity contribution in [1.29, 1.82) is 0 Å². The third-order valence-corrected chi connectivity index (χ3v) is 2.79. The van der Waals surface area contributed by atoms with E-state index in [0.29, 0.717) is 5.02 Å². The molecule has 5 heteroatoms. The zero-order valence-corrected chi connectivity index (χ0v) is 10.8. The zero-order valence-electron chi connectivity index (χ0n) is 9.24. The van der Waals surface area contributed by atoms with Crippen molar-refractivity contribution in [2.24, 2.45) is 0 Å². The van der Waals surface area contributed by atoms with Crippen LogP contribution < -0.4 is 0 Å². The molecule has 0 aliphatic carbocycles. The average Bonchev–Trinajstić information content (AvgIpc) is 2.57. The first-order valence-corrected chi connectivity index (χ1v) is 6.10. The molecule has 0 aromatic carbocycles. The van der Waals surface area contributed by atoms with E-state index in [-0.39, 0.29) is 5.38 Å². The number of alkyl halides is 1. The van der Waals surface area contributed by atoms with Crippen LogP contribution in [0.15, 0.2) is 12.3 Å². The van der Waals surface area contributed by atoms with E-state index in [0.717, 1.165) is 30.0 Å². The van der Waals surface area contributed by atoms with Gasteiger partial charge in [-0.3, -0.25) is 0 Å². The van der Waals surface area contributed by atoms with Gasteiger partial charge in [-0.05, 0) is 19.4 Å². The van der Waals surface area contributed by atoms with Crippen molar-refractivity contribution in [2.75, 3.05) is 0 Å². The number of rotatable bonds is 3. The number of aryl methyl sites for hydroxylation is 1. The lowest BCUT2D eigenvalue weighted by Crippen LogP contribution is -2.04. The summed E-state index contributed by atoms with van der Waals surface area (Å²) in [5.74, 6) is 0.855. The predicted octanol–water partition coefficient (Wildman–Crippen LogP) is 3.79. The minimum absolute atomic E-state index is 0.125. The first kappa shape index (κ1) is 11.7. The summed E-state index contributed by atoms with van der Waals surface area (Å²) < 4.78 is 2.06. The number of nitrogens with zero attached hydrogens (tertiary/aromatic N) is 3. The van der Waals surface area contributed by atoms with E-state index in [2.05, 4.69) is 21.5 Å². The van der Waals surface area contributed by atoms with E-state index in [1.165, 1.54) is 0 Å². The van der Waals surface area contributed by atoms with Gasteiger partial charge in [-0.15, -0.1) is 11.6 Å². The quantitative estimate of drug-likeness (QED) is 0.784. The molecular formula is C11H13Cl2N3. The Hall–Kier alpha value is -0.800. The van der Waals surface area contributed by atoms with Crippen LogP contribution in [0.3, 0.4) is 0 Å². The Bertz CT molecular complexity index is 505. The summed E-state index contributed by atoms with van der Waals surface area (Å²) >= 11 is 12.0. The Morgan fingerprint density at radius 1 is 1.50 bits per heavy atom. The monoisotopic (exact) mass is 257 g/mol. The van der Waals surface area contributed by atoms with Crippen LogP contribution >= 0.6 is 23.2 Å². The normalized spacial score (nSPS) is 13.2. The van der Waals surface area contributed by atoms with Crippen LogP contribution in [0.1, 0.15) is 31.5 Å². The molecule has 0 fully saturated rings. The molecule has 1 unspecified atom stereocenters. The van der Waals surface area contributed by atoms with Crippen LogP contribution in [0.4, 0.5) is 0 Å². The van der Waals surface area contributed by atoms with Gasteiger partial charge in [0, 0.05) is 12.7 Å². The Morgan fingerprint density at radius 2 is 2.25 bits per heavy atom. The number of halogens is 2. The lowest BCUT2D eigenvalue weighted by molar-refractivity contribution is 0.650. The van der Waals surface area contributed by atoms with E-state index >= 15 is 0 Å². The van der Waals surface area contributed by atoms with Gasteiger partial charge in [0.2, 0.25) is 0 Å². The van der Waals surface area contributed by atoms with Gasteiger partial charge < -0.3 is 4.57 Å². The smallest absolute Gasteiger partial charge is 0.160 e. The van der Waals surface area contributed by atoms with Gasteiger partial charge in [0.25, 0.3) is 0 Å². The molecule has 3 nitrogen and oxygen atoms in total. The van der Waals surface area contributed by atoms with Crippen LogP contribution in [0.25, 0.3) is 11.2 Å². The largest absolute Gasteiger partial charge is 0.311 e. The summed E-state index contributed by atoms with van der Waals surface area (Å²) in [4.78, 5) is 8.79. The van der Waals surface area contributed by atoms with Crippen molar-refractivity contribution in [1.82, 2.24) is 14.5 Å². The summed E-state index contributed by atoms with van der Waals surface area (Å²) in [5, 5.41) is 0.474. The molecule has 0 aliphatic rings. The number of fused-ring (bicyclic) bond motifs is 1. The molecule has 0 radical (unpaired) electrons. The topological polar surface area (TPSA) is 30.7 Å². The Kier molecular flexibility index (Phi) is 3.36. The molecule has 0 aliphatic heterocycles. The Labute approximate surface area is 104 Å². The van der Waals surface area contributed by atoms with Gasteiger partial charge in [-0.1, -0.05) is 18.5 Å². The molecule has 2 aromatic rings. The third-order valence-electron chi connectivity index (χ3n) is 2.38. The molecule has 0 N–H and O–H groups in total. The highest BCUT2D eigenvalue weighted by Crippen LogP contribution is 2.25. The van der Waals surface area contributed by atoms with Crippen LogP contribution in [-0.4, -0.2) is 14.5 Å². The second kappa shape index (κ2) is 4.60. The van der Waals surface area contributed by atoms with Crippen molar-refractivity contribution in [3.05, 3.63) is 23.1 Å². The van der Waals surface area contributed by atoms with Crippen molar-refractivity contribution >= 4 is 34.4 Å². The van der Waals surface area contributed by atoms with Gasteiger partial charge in [0.15, 0.2) is 5.65 Å². The SMILES string of the molecule is CCCn1c(C(C)Cl)nc2cc(Cl)cnc21. The molecule has 86 valence electrons. The van der Waals surface area contributed by atoms with E-state index in [4.69, 9.17) is 23.2 Å². The number of hydrogen-bond donors (Lipinski definition) is 0. The highest BCUT2D eigenvalue weighted by Gasteiger charge is 2.15. The second-order valence-electron chi connectivity index (χ2n) is 3.73. The second-order valence-corrected chi connectivity index (χ2v) is 4.82. The van der Waals surface area contributed by atoms with E-state index in [1.54, 1.807) is 6.20 Å². The fourth-order valence-corrected chi connectivity index (χ4v) is 2.07. The van der Waals surface area contributed by atoms with Crippen molar-refractivity contribution < 1.29 is 0 Å². The highest BCUT2D eigenvalue weighted by molar-refractivity contribution is 6.31. The van der Waals surface area contributed by atoms with Gasteiger partial charge in [0.1, 0.15) is 11.3 Å². The van der Waals surface area contributed by atoms with Gasteiger partial charge in [-0.2, -0.15) is 0 Å². The van der Waals surface area contributed by atoms with E-state index < -0.39 is 0 Å². The summed E-state index contributed by atoms with van der Waals surface area (Å²) in [7, 11) is 0. The van der Waals surface area contributed by atoms with Gasteiger partial charge in [0.05, 0.1) is 10.4 Å². The van der Waals surface area contributed by atoms with E-state index in [1.807, 2.05) is 13.0 Å². The fraction of sp³-hybridized carbons (Fsp3) is 0.455. The third kappa shape index (κ3) is 2.02. The lowest BCUT2D eigenvalue weighted by atomic mass is 10.4. The van der Waals surface area contributed by atoms with Crippen molar-refractivity contribution in [3.63, 3.8) is 0 Å². The van der Waals surface area contributed by atoms with Gasteiger partial charge >= 0.3 is 0 Å².